The van der Waals surface area contributed by atoms with Gasteiger partial charge in [0, 0.05) is 5.56 Å². The van der Waals surface area contributed by atoms with Crippen LogP contribution in [0.15, 0.2) is 53.5 Å². The number of aliphatic hydroxyl groups is 1. The van der Waals surface area contributed by atoms with Gasteiger partial charge in [-0.1, -0.05) is 42.1 Å². The Balaban J connectivity index is 1.57. The van der Waals surface area contributed by atoms with E-state index in [2.05, 4.69) is 4.99 Å². The number of amidine groups is 1. The Labute approximate surface area is 171 Å². The van der Waals surface area contributed by atoms with Gasteiger partial charge in [0.15, 0.2) is 22.3 Å². The molecule has 0 bridgehead atoms. The number of ether oxygens (including phenoxy) is 2. The minimum atomic E-state index is -2.03. The Morgan fingerprint density at radius 2 is 1.86 bits per heavy atom. The van der Waals surface area contributed by atoms with E-state index in [1.807, 2.05) is 12.1 Å². The Bertz CT molecular complexity index is 1010. The molecule has 4 rings (SSSR count). The lowest BCUT2D eigenvalue weighted by atomic mass is 9.91. The van der Waals surface area contributed by atoms with Crippen molar-refractivity contribution in [2.24, 2.45) is 10.7 Å². The highest BCUT2D eigenvalue weighted by molar-refractivity contribution is 8.15. The molecule has 2 aromatic rings. The molecule has 29 heavy (non-hydrogen) atoms. The molecule has 9 heteroatoms. The first-order valence-corrected chi connectivity index (χ1v) is 9.79. The van der Waals surface area contributed by atoms with E-state index in [0.29, 0.717) is 22.7 Å². The predicted octanol–water partition coefficient (Wildman–Crippen LogP) is 1.27. The number of hydrogen-bond acceptors (Lipinski definition) is 7. The van der Waals surface area contributed by atoms with Gasteiger partial charge in [-0.05, 0) is 18.2 Å². The summed E-state index contributed by atoms with van der Waals surface area (Å²) in [5, 5.41) is 10.3. The molecule has 0 saturated heterocycles. The van der Waals surface area contributed by atoms with Crippen LogP contribution in [0.1, 0.15) is 5.56 Å². The van der Waals surface area contributed by atoms with Crippen molar-refractivity contribution in [2.45, 2.75) is 10.9 Å². The van der Waals surface area contributed by atoms with Crippen molar-refractivity contribution in [2.75, 3.05) is 25.2 Å². The fraction of sp³-hybridized carbons (Fsp3) is 0.250. The number of nitrogens with two attached hydrogens (primary N) is 1. The average molecular weight is 413 g/mol. The molecule has 0 aliphatic carbocycles. The number of aliphatic imine (C=N–C) groups is 1. The molecule has 0 radical (unpaired) electrons. The number of carbonyl (C=O) groups excluding carboxylic acids is 2. The van der Waals surface area contributed by atoms with Gasteiger partial charge in [-0.25, -0.2) is 0 Å². The number of amides is 2. The molecule has 2 atom stereocenters. The lowest BCUT2D eigenvalue weighted by Crippen LogP contribution is -2.50. The first kappa shape index (κ1) is 19.3. The quantitative estimate of drug-likeness (QED) is 0.733. The Hall–Kier alpha value is -3.04. The number of para-hydroxylation sites is 3. The highest BCUT2D eigenvalue weighted by Crippen LogP contribution is 2.47. The Morgan fingerprint density at radius 1 is 1.17 bits per heavy atom. The zero-order chi connectivity index (χ0) is 20.6. The normalized spacial score (nSPS) is 23.2. The van der Waals surface area contributed by atoms with Gasteiger partial charge >= 0.3 is 0 Å². The average Bonchev–Trinajstić information content (AvgIpc) is 3.18. The second-order valence-electron chi connectivity index (χ2n) is 6.53. The zero-order valence-corrected chi connectivity index (χ0v) is 16.4. The molecule has 8 nitrogen and oxygen atoms in total. The van der Waals surface area contributed by atoms with E-state index in [0.717, 1.165) is 11.8 Å². The van der Waals surface area contributed by atoms with Crippen molar-refractivity contribution in [1.29, 1.82) is 0 Å². The molecule has 2 aliphatic heterocycles. The monoisotopic (exact) mass is 413 g/mol. The van der Waals surface area contributed by atoms with Crippen molar-refractivity contribution in [1.82, 2.24) is 0 Å². The maximum Gasteiger partial charge on any atom is 0.265 e. The van der Waals surface area contributed by atoms with Gasteiger partial charge in [0.1, 0.15) is 11.9 Å². The first-order chi connectivity index (χ1) is 14.0. The number of benzene rings is 2. The third-order valence-corrected chi connectivity index (χ3v) is 5.99. The number of thioether (sulfide) groups is 1. The summed E-state index contributed by atoms with van der Waals surface area (Å²) in [6, 6.07) is 14.0. The molecule has 2 aliphatic rings. The lowest BCUT2D eigenvalue weighted by Gasteiger charge is -2.26. The fourth-order valence-electron chi connectivity index (χ4n) is 3.55. The number of anilines is 1. The zero-order valence-electron chi connectivity index (χ0n) is 15.6. The molecule has 2 aromatic carbocycles. The van der Waals surface area contributed by atoms with Gasteiger partial charge in [-0.15, -0.1) is 0 Å². The number of nitrogens with zero attached hydrogens (tertiary/aromatic N) is 2. The highest BCUT2D eigenvalue weighted by atomic mass is 32.2. The minimum absolute atomic E-state index is 0.0386. The molecule has 0 spiro atoms. The van der Waals surface area contributed by atoms with E-state index in [1.54, 1.807) is 43.5 Å². The fourth-order valence-corrected chi connectivity index (χ4v) is 4.49. The largest absolute Gasteiger partial charge is 0.493 e. The summed E-state index contributed by atoms with van der Waals surface area (Å²) < 4.78 is 11.0. The molecule has 3 N–H and O–H groups in total. The summed E-state index contributed by atoms with van der Waals surface area (Å²) >= 11 is 0.898. The maximum atomic E-state index is 13.2. The third-order valence-electron chi connectivity index (χ3n) is 4.88. The molecule has 0 aromatic heterocycles. The Morgan fingerprint density at radius 3 is 2.55 bits per heavy atom. The van der Waals surface area contributed by atoms with Gasteiger partial charge in [0.2, 0.25) is 0 Å². The summed E-state index contributed by atoms with van der Waals surface area (Å²) in [5.74, 6) is -0.0889. The molecule has 0 unspecified atom stereocenters. The molecular formula is C20H19N3O5S. The predicted molar refractivity (Wildman–Crippen MR) is 109 cm³/mol. The third kappa shape index (κ3) is 3.12. The van der Waals surface area contributed by atoms with Crippen LogP contribution in [-0.2, 0) is 15.2 Å². The van der Waals surface area contributed by atoms with Crippen molar-refractivity contribution in [3.8, 4) is 11.5 Å². The number of hydrogen-bond donors (Lipinski definition) is 2. The van der Waals surface area contributed by atoms with Crippen molar-refractivity contribution in [3.63, 3.8) is 0 Å². The smallest absolute Gasteiger partial charge is 0.265 e. The van der Waals surface area contributed by atoms with Crippen LogP contribution >= 0.6 is 11.8 Å². The van der Waals surface area contributed by atoms with E-state index in [-0.39, 0.29) is 18.3 Å². The topological polar surface area (TPSA) is 114 Å². The van der Waals surface area contributed by atoms with Crippen LogP contribution in [-0.4, -0.2) is 47.6 Å². The number of rotatable bonds is 6. The minimum Gasteiger partial charge on any atom is -0.493 e. The molecule has 2 amide bonds. The second-order valence-corrected chi connectivity index (χ2v) is 7.65. The van der Waals surface area contributed by atoms with Crippen molar-refractivity contribution in [3.05, 3.63) is 54.1 Å². The highest BCUT2D eigenvalue weighted by Gasteiger charge is 2.59. The van der Waals surface area contributed by atoms with Gasteiger partial charge in [0.05, 0.1) is 19.3 Å². The summed E-state index contributed by atoms with van der Waals surface area (Å²) in [4.78, 5) is 30.6. The van der Waals surface area contributed by atoms with E-state index in [9.17, 15) is 14.7 Å². The number of methoxy groups -OCH3 is 1. The number of fused-ring (bicyclic) bond motifs is 1. The summed E-state index contributed by atoms with van der Waals surface area (Å²) in [6.45, 7) is 0.346. The van der Waals surface area contributed by atoms with Crippen LogP contribution in [0.2, 0.25) is 0 Å². The number of carbonyl (C=O) groups is 2. The second kappa shape index (κ2) is 7.41. The van der Waals surface area contributed by atoms with Gasteiger partial charge in [-0.2, -0.15) is 4.99 Å². The van der Waals surface area contributed by atoms with E-state index >= 15 is 0 Å². The maximum absolute atomic E-state index is 13.2. The lowest BCUT2D eigenvalue weighted by molar-refractivity contribution is -0.140. The SMILES string of the molecule is COc1ccccc1OCCN1C(=O)[C@](O)([C@H]2SC(N)=NC2=O)c2ccccc21. The summed E-state index contributed by atoms with van der Waals surface area (Å²) in [5.41, 5.74) is 4.49. The van der Waals surface area contributed by atoms with E-state index < -0.39 is 22.7 Å². The Kier molecular flexibility index (Phi) is 4.93. The van der Waals surface area contributed by atoms with Crippen LogP contribution in [0.5, 0.6) is 11.5 Å². The standard InChI is InChI=1S/C20H19N3O5S/c1-27-14-8-4-5-9-15(14)28-11-10-23-13-7-3-2-6-12(13)20(26,18(23)25)16-17(24)22-19(21)29-16/h2-9,16,26H,10-11H2,1H3,(H2,21,22,24)/t16-,20+/m0/s1. The van der Waals surface area contributed by atoms with Crippen LogP contribution in [0.4, 0.5) is 5.69 Å². The van der Waals surface area contributed by atoms with Crippen LogP contribution in [0.25, 0.3) is 0 Å². The van der Waals surface area contributed by atoms with E-state index in [1.165, 1.54) is 4.90 Å². The van der Waals surface area contributed by atoms with Crippen molar-refractivity contribution >= 4 is 34.4 Å². The van der Waals surface area contributed by atoms with Gasteiger partial charge < -0.3 is 25.2 Å². The summed E-state index contributed by atoms with van der Waals surface area (Å²) in [6.07, 6.45) is 0. The molecule has 0 fully saturated rings. The van der Waals surface area contributed by atoms with Crippen LogP contribution < -0.4 is 20.1 Å². The molecule has 0 saturated carbocycles. The van der Waals surface area contributed by atoms with Gasteiger partial charge in [-0.3, -0.25) is 9.59 Å². The van der Waals surface area contributed by atoms with E-state index in [4.69, 9.17) is 15.2 Å². The molecular weight excluding hydrogens is 394 g/mol. The summed E-state index contributed by atoms with van der Waals surface area (Å²) in [7, 11) is 1.55. The van der Waals surface area contributed by atoms with Crippen molar-refractivity contribution < 1.29 is 24.2 Å². The molecule has 150 valence electrons. The first-order valence-electron chi connectivity index (χ1n) is 8.91. The molecule has 2 heterocycles. The van der Waals surface area contributed by atoms with Gasteiger partial charge in [0.25, 0.3) is 11.8 Å². The van der Waals surface area contributed by atoms with Crippen LogP contribution in [0, 0.1) is 0 Å². The van der Waals surface area contributed by atoms with Crippen LogP contribution in [0.3, 0.4) is 0 Å².